The van der Waals surface area contributed by atoms with Crippen LogP contribution in [0.2, 0.25) is 0 Å². The van der Waals surface area contributed by atoms with Crippen molar-refractivity contribution in [3.63, 3.8) is 0 Å². The second kappa shape index (κ2) is 4.52. The van der Waals surface area contributed by atoms with Gasteiger partial charge in [0.05, 0.1) is 13.0 Å². The molecular weight excluding hydrogens is 219 g/mol. The van der Waals surface area contributed by atoms with Gasteiger partial charge >= 0.3 is 6.09 Å². The van der Waals surface area contributed by atoms with Gasteiger partial charge in [0.1, 0.15) is 11.8 Å². The van der Waals surface area contributed by atoms with E-state index in [1.54, 1.807) is 20.8 Å². The van der Waals surface area contributed by atoms with Crippen molar-refractivity contribution in [3.8, 4) is 0 Å². The maximum Gasteiger partial charge on any atom is 0.415 e. The van der Waals surface area contributed by atoms with Crippen LogP contribution in [0.1, 0.15) is 27.2 Å². The van der Waals surface area contributed by atoms with Crippen molar-refractivity contribution in [1.82, 2.24) is 4.90 Å². The molecule has 1 heterocycles. The van der Waals surface area contributed by atoms with E-state index in [9.17, 15) is 14.4 Å². The highest BCUT2D eigenvalue weighted by Crippen LogP contribution is 2.19. The molecule has 0 aromatic carbocycles. The van der Waals surface area contributed by atoms with E-state index in [2.05, 4.69) is 0 Å². The van der Waals surface area contributed by atoms with Crippen molar-refractivity contribution in [2.75, 3.05) is 6.54 Å². The van der Waals surface area contributed by atoms with Gasteiger partial charge in [-0.05, 0) is 20.8 Å². The molecule has 16 heavy (non-hydrogen) atoms. The Labute approximate surface area is 93.1 Å². The molecule has 1 amide bonds. The maximum atomic E-state index is 13.1. The van der Waals surface area contributed by atoms with E-state index < -0.39 is 29.3 Å². The molecule has 2 N–H and O–H groups in total. The lowest BCUT2D eigenvalue weighted by atomic mass is 10.2. The second-order valence-electron chi connectivity index (χ2n) is 4.82. The summed E-state index contributed by atoms with van der Waals surface area (Å²) in [6, 6.07) is 0. The molecule has 1 aliphatic heterocycles. The van der Waals surface area contributed by atoms with Crippen LogP contribution in [0.4, 0.5) is 9.18 Å². The van der Waals surface area contributed by atoms with Crippen LogP contribution in [0, 0.1) is 5.21 Å². The molecule has 0 radical (unpaired) electrons. The largest absolute Gasteiger partial charge is 0.598 e. The fraction of sp³-hybridized carbons (Fsp3) is 0.889. The van der Waals surface area contributed by atoms with Crippen LogP contribution in [-0.4, -0.2) is 40.7 Å². The summed E-state index contributed by atoms with van der Waals surface area (Å²) < 4.78 is 18.1. The average Bonchev–Trinajstić information content (AvgIpc) is 2.44. The van der Waals surface area contributed by atoms with Crippen molar-refractivity contribution in [2.24, 2.45) is 0 Å². The number of ether oxygens (including phenoxy) is 1. The first-order chi connectivity index (χ1) is 7.20. The predicted octanol–water partition coefficient (Wildman–Crippen LogP) is 0.0633. The SMILES string of the molecule is CC(C)(C)OC(=O)N1C[C@H](F)C[C@H]1[NH+]([O-])O. The van der Waals surface area contributed by atoms with Crippen molar-refractivity contribution < 1.29 is 24.4 Å². The van der Waals surface area contributed by atoms with Gasteiger partial charge < -0.3 is 9.94 Å². The summed E-state index contributed by atoms with van der Waals surface area (Å²) in [6.07, 6.45) is -3.37. The van der Waals surface area contributed by atoms with Crippen molar-refractivity contribution in [3.05, 3.63) is 5.21 Å². The van der Waals surface area contributed by atoms with Crippen LogP contribution in [-0.2, 0) is 4.74 Å². The fourth-order valence-corrected chi connectivity index (χ4v) is 1.54. The first-order valence-corrected chi connectivity index (χ1v) is 5.07. The molecule has 7 heteroatoms. The Morgan fingerprint density at radius 3 is 2.62 bits per heavy atom. The molecule has 1 rings (SSSR count). The van der Waals surface area contributed by atoms with E-state index in [0.29, 0.717) is 0 Å². The number of hydrogen-bond donors (Lipinski definition) is 2. The molecule has 3 atom stereocenters. The minimum Gasteiger partial charge on any atom is -0.598 e. The standard InChI is InChI=1S/C9H17FN2O4/c1-9(2,3)16-8(13)11-5-6(10)4-7(11)12(14)15/h6-7,12,14H,4-5H2,1-3H3/t6-,7-/m1/s1. The summed E-state index contributed by atoms with van der Waals surface area (Å²) in [7, 11) is 0. The highest BCUT2D eigenvalue weighted by atomic mass is 19.1. The third-order valence-electron chi connectivity index (χ3n) is 2.16. The summed E-state index contributed by atoms with van der Waals surface area (Å²) in [5.41, 5.74) is -0.714. The monoisotopic (exact) mass is 236 g/mol. The summed E-state index contributed by atoms with van der Waals surface area (Å²) in [6.45, 7) is 4.79. The quantitative estimate of drug-likeness (QED) is 0.631. The van der Waals surface area contributed by atoms with Gasteiger partial charge in [-0.3, -0.25) is 4.90 Å². The summed E-state index contributed by atoms with van der Waals surface area (Å²) in [4.78, 5) is 12.5. The molecule has 6 nitrogen and oxygen atoms in total. The molecule has 0 bridgehead atoms. The number of alkyl halides is 1. The molecule has 0 saturated carbocycles. The molecule has 0 aromatic rings. The van der Waals surface area contributed by atoms with E-state index in [0.717, 1.165) is 4.90 Å². The number of likely N-dealkylation sites (tertiary alicyclic amines) is 1. The van der Waals surface area contributed by atoms with E-state index in [1.807, 2.05) is 0 Å². The van der Waals surface area contributed by atoms with Gasteiger partial charge in [0.15, 0.2) is 0 Å². The zero-order chi connectivity index (χ0) is 12.5. The van der Waals surface area contributed by atoms with Gasteiger partial charge in [-0.25, -0.2) is 19.6 Å². The Morgan fingerprint density at radius 2 is 2.19 bits per heavy atom. The Hall–Kier alpha value is -0.920. The highest BCUT2D eigenvalue weighted by molar-refractivity contribution is 5.68. The van der Waals surface area contributed by atoms with Gasteiger partial charge in [0.25, 0.3) is 0 Å². The lowest BCUT2D eigenvalue weighted by molar-refractivity contribution is -1.07. The number of rotatable bonds is 1. The Kier molecular flexibility index (Phi) is 3.72. The van der Waals surface area contributed by atoms with Crippen molar-refractivity contribution in [2.45, 2.75) is 45.1 Å². The van der Waals surface area contributed by atoms with Gasteiger partial charge in [0.2, 0.25) is 6.17 Å². The number of nitrogens with one attached hydrogen (secondary N) is 1. The van der Waals surface area contributed by atoms with Gasteiger partial charge in [-0.2, -0.15) is 0 Å². The Bertz CT molecular complexity index is 267. The Morgan fingerprint density at radius 1 is 1.62 bits per heavy atom. The number of carbonyl (C=O) groups excluding carboxylic acids is 1. The molecule has 94 valence electrons. The summed E-state index contributed by atoms with van der Waals surface area (Å²) in [5.74, 6) is 0. The molecule has 0 spiro atoms. The number of carbonyl (C=O) groups is 1. The maximum absolute atomic E-state index is 13.1. The van der Waals surface area contributed by atoms with Gasteiger partial charge in [-0.15, -0.1) is 0 Å². The number of halogens is 1. The second-order valence-corrected chi connectivity index (χ2v) is 4.82. The lowest BCUT2D eigenvalue weighted by Gasteiger charge is -2.30. The van der Waals surface area contributed by atoms with Crippen molar-refractivity contribution in [1.29, 1.82) is 0 Å². The third kappa shape index (κ3) is 3.29. The molecular formula is C9H17FN2O4. The number of hydrogen-bond acceptors (Lipinski definition) is 4. The minimum absolute atomic E-state index is 0.172. The molecule has 1 aliphatic rings. The van der Waals surface area contributed by atoms with E-state index >= 15 is 0 Å². The van der Waals surface area contributed by atoms with E-state index in [4.69, 9.17) is 9.94 Å². The van der Waals surface area contributed by atoms with Gasteiger partial charge in [0, 0.05) is 0 Å². The smallest absolute Gasteiger partial charge is 0.415 e. The summed E-state index contributed by atoms with van der Waals surface area (Å²) in [5, 5.41) is 18.4. The number of hydroxylamine groups is 2. The van der Waals surface area contributed by atoms with Crippen LogP contribution in [0.3, 0.4) is 0 Å². The number of nitrogens with zero attached hydrogens (tertiary/aromatic N) is 1. The lowest BCUT2D eigenvalue weighted by Crippen LogP contribution is -3.10. The van der Waals surface area contributed by atoms with Crippen LogP contribution >= 0.6 is 0 Å². The van der Waals surface area contributed by atoms with Crippen LogP contribution in [0.5, 0.6) is 0 Å². The highest BCUT2D eigenvalue weighted by Gasteiger charge is 2.41. The van der Waals surface area contributed by atoms with Gasteiger partial charge in [-0.1, -0.05) is 0 Å². The molecule has 1 saturated heterocycles. The van der Waals surface area contributed by atoms with Crippen LogP contribution in [0.25, 0.3) is 0 Å². The minimum atomic E-state index is -1.30. The molecule has 1 unspecified atom stereocenters. The Balaban J connectivity index is 2.67. The first kappa shape index (κ1) is 13.1. The first-order valence-electron chi connectivity index (χ1n) is 5.07. The zero-order valence-electron chi connectivity index (χ0n) is 9.57. The number of amides is 1. The van der Waals surface area contributed by atoms with Crippen LogP contribution < -0.4 is 5.23 Å². The number of quaternary nitrogens is 1. The van der Waals surface area contributed by atoms with E-state index in [1.165, 1.54) is 0 Å². The topological polar surface area (TPSA) is 77.3 Å². The summed E-state index contributed by atoms with van der Waals surface area (Å²) >= 11 is 0. The molecule has 0 aliphatic carbocycles. The average molecular weight is 236 g/mol. The predicted molar refractivity (Wildman–Crippen MR) is 52.4 cm³/mol. The zero-order valence-corrected chi connectivity index (χ0v) is 9.57. The third-order valence-corrected chi connectivity index (χ3v) is 2.16. The fourth-order valence-electron chi connectivity index (χ4n) is 1.54. The van der Waals surface area contributed by atoms with Crippen LogP contribution in [0.15, 0.2) is 0 Å². The van der Waals surface area contributed by atoms with Crippen molar-refractivity contribution >= 4 is 6.09 Å². The molecule has 0 aromatic heterocycles. The normalized spacial score (nSPS) is 28.0. The van der Waals surface area contributed by atoms with E-state index in [-0.39, 0.29) is 13.0 Å². The molecule has 1 fully saturated rings.